The number of rotatable bonds is 10. The van der Waals surface area contributed by atoms with Gasteiger partial charge in [-0.3, -0.25) is 20.0 Å². The van der Waals surface area contributed by atoms with Crippen molar-refractivity contribution in [2.24, 2.45) is 20.0 Å². The van der Waals surface area contributed by atoms with E-state index in [4.69, 9.17) is 0 Å². The molecule has 130 valence electrons. The van der Waals surface area contributed by atoms with Gasteiger partial charge in [0.15, 0.2) is 38.7 Å². The van der Waals surface area contributed by atoms with Crippen molar-refractivity contribution in [3.05, 3.63) is 49.1 Å². The molecule has 10 radical (unpaired) electrons. The molecule has 4 rings (SSSR count). The van der Waals surface area contributed by atoms with Gasteiger partial charge in [0.25, 0.3) is 0 Å². The highest BCUT2D eigenvalue weighted by Gasteiger charge is 2.24. The first-order valence-corrected chi connectivity index (χ1v) is 13.3. The second-order valence-electron chi connectivity index (χ2n) is 5.88. The molecule has 0 atom stereocenters. The molecular weight excluding hydrogens is 417 g/mol. The van der Waals surface area contributed by atoms with E-state index >= 15 is 0 Å². The van der Waals surface area contributed by atoms with E-state index in [9.17, 15) is 0 Å². The van der Waals surface area contributed by atoms with Crippen LogP contribution >= 0.6 is 0 Å². The average Bonchev–Trinajstić information content (AvgIpc) is 3.45. The van der Waals surface area contributed by atoms with Gasteiger partial charge in [0.2, 0.25) is 9.84 Å². The van der Waals surface area contributed by atoms with E-state index in [1.54, 1.807) is 0 Å². The molecule has 0 aromatic carbocycles. The summed E-state index contributed by atoms with van der Waals surface area (Å²) in [5, 5.41) is 5.08. The first kappa shape index (κ1) is 19.0. The van der Waals surface area contributed by atoms with Crippen LogP contribution in [0.1, 0.15) is 25.7 Å². The zero-order chi connectivity index (χ0) is 18.3. The highest BCUT2D eigenvalue weighted by Crippen LogP contribution is 2.07. The molecule has 6 nitrogen and oxygen atoms in total. The van der Waals surface area contributed by atoms with Crippen LogP contribution in [-0.4, -0.2) is 77.7 Å². The maximum atomic E-state index is 4.54. The van der Waals surface area contributed by atoms with E-state index in [2.05, 4.69) is 52.1 Å². The third kappa shape index (κ3) is 5.81. The molecule has 0 saturated heterocycles. The summed E-state index contributed by atoms with van der Waals surface area (Å²) in [5.41, 5.74) is 0. The first-order chi connectivity index (χ1) is 13.3. The standard InChI is InChI=1S/C16H16N6Si5/c1-5-13(17-9-1)23-21(24-14-6-2-10-18-14)27-22(25-15-7-3-11-19-15)26-16-8-4-12-20-16/h1-4,9-12H,5-8H2. The summed E-state index contributed by atoms with van der Waals surface area (Å²) >= 11 is 0. The molecule has 11 heteroatoms. The van der Waals surface area contributed by atoms with Crippen LogP contribution in [0.15, 0.2) is 69.1 Å². The Kier molecular flexibility index (Phi) is 6.84. The van der Waals surface area contributed by atoms with Crippen LogP contribution in [0.3, 0.4) is 0 Å². The van der Waals surface area contributed by atoms with E-state index in [-0.39, 0.29) is 0 Å². The van der Waals surface area contributed by atoms with Crippen molar-refractivity contribution in [3.8, 4) is 0 Å². The summed E-state index contributed by atoms with van der Waals surface area (Å²) in [4.78, 5) is 18.2. The third-order valence-electron chi connectivity index (χ3n) is 3.75. The molecule has 0 N–H and O–H groups in total. The van der Waals surface area contributed by atoms with Gasteiger partial charge in [-0.15, -0.1) is 0 Å². The van der Waals surface area contributed by atoms with Gasteiger partial charge in [-0.25, -0.2) is 0 Å². The molecule has 0 fully saturated rings. The van der Waals surface area contributed by atoms with E-state index in [1.807, 2.05) is 24.8 Å². The molecule has 0 aliphatic carbocycles. The Bertz CT molecular complexity index is 680. The Morgan fingerprint density at radius 1 is 0.519 bits per heavy atom. The zero-order valence-electron chi connectivity index (χ0n) is 14.6. The lowest BCUT2D eigenvalue weighted by Gasteiger charge is -2.27. The summed E-state index contributed by atoms with van der Waals surface area (Å²) in [6.07, 6.45) is 20.2. The monoisotopic (exact) mass is 432 g/mol. The fourth-order valence-electron chi connectivity index (χ4n) is 2.51. The van der Waals surface area contributed by atoms with Crippen molar-refractivity contribution in [1.29, 1.82) is 0 Å². The van der Waals surface area contributed by atoms with Crippen LogP contribution in [0, 0.1) is 0 Å². The largest absolute Gasteiger partial charge is 0.352 e. The summed E-state index contributed by atoms with van der Waals surface area (Å²) in [7, 11) is 3.07. The smallest absolute Gasteiger partial charge is 0.221 e. The minimum Gasteiger partial charge on any atom is -0.352 e. The minimum absolute atomic E-state index is 0.603. The molecule has 0 amide bonds. The lowest BCUT2D eigenvalue weighted by Crippen LogP contribution is -2.54. The predicted octanol–water partition coefficient (Wildman–Crippen LogP) is 0.865. The molecule has 0 saturated carbocycles. The van der Waals surface area contributed by atoms with Crippen molar-refractivity contribution in [2.75, 3.05) is 0 Å². The maximum absolute atomic E-state index is 4.54. The molecule has 0 bridgehead atoms. The highest BCUT2D eigenvalue weighted by molar-refractivity contribution is 6.97. The van der Waals surface area contributed by atoms with Gasteiger partial charge in [-0.1, -0.05) is 24.3 Å². The topological polar surface area (TPSA) is 55.9 Å². The maximum Gasteiger partial charge on any atom is 0.221 e. The van der Waals surface area contributed by atoms with E-state index in [1.165, 1.54) is 21.3 Å². The number of hydrogen-bond acceptors (Lipinski definition) is 6. The molecule has 4 aliphatic rings. The molecule has 4 aliphatic heterocycles. The Balaban J connectivity index is 1.42. The minimum atomic E-state index is 0.603. The lowest BCUT2D eigenvalue weighted by molar-refractivity contribution is 0.970. The number of hydrogen-bond donors (Lipinski definition) is 0. The molecule has 27 heavy (non-hydrogen) atoms. The summed E-state index contributed by atoms with van der Waals surface area (Å²) in [6, 6.07) is 0. The zero-order valence-corrected chi connectivity index (χ0v) is 19.6. The lowest BCUT2D eigenvalue weighted by atomic mass is 10.5. The number of nitrogens with zero attached hydrogens (tertiary/aromatic N) is 6. The Hall–Kier alpha value is -1.36. The van der Waals surface area contributed by atoms with Crippen molar-refractivity contribution < 1.29 is 0 Å². The van der Waals surface area contributed by atoms with Gasteiger partial charge in [-0.2, -0.15) is 0 Å². The van der Waals surface area contributed by atoms with Crippen molar-refractivity contribution >= 4 is 69.9 Å². The Morgan fingerprint density at radius 2 is 0.815 bits per heavy atom. The van der Waals surface area contributed by atoms with E-state index < -0.39 is 0 Å². The predicted molar refractivity (Wildman–Crippen MR) is 117 cm³/mol. The van der Waals surface area contributed by atoms with Crippen LogP contribution in [0.4, 0.5) is 0 Å². The van der Waals surface area contributed by atoms with Gasteiger partial charge >= 0.3 is 0 Å². The molecule has 0 aromatic rings. The number of aliphatic imine (C=N–C) groups is 4. The van der Waals surface area contributed by atoms with Gasteiger partial charge < -0.3 is 7.79 Å². The van der Waals surface area contributed by atoms with E-state index in [0.717, 1.165) is 25.7 Å². The number of allylic oxidation sites excluding steroid dienone is 4. The van der Waals surface area contributed by atoms with Crippen LogP contribution in [0.5, 0.6) is 0 Å². The average molecular weight is 433 g/mol. The SMILES string of the molecule is C1=CN=C([Si]N([Si]C2=NC=CC2)[Si]N([Si]C2=NC=CC2)[Si]C2=NC=CC2)C1. The highest BCUT2D eigenvalue weighted by atomic mass is 28.4. The van der Waals surface area contributed by atoms with Gasteiger partial charge in [0.05, 0.1) is 0 Å². The summed E-state index contributed by atoms with van der Waals surface area (Å²) in [6.45, 7) is 0. The molecule has 0 unspecified atom stereocenters. The summed E-state index contributed by atoms with van der Waals surface area (Å²) in [5.74, 6) is 0. The quantitative estimate of drug-likeness (QED) is 0.481. The second kappa shape index (κ2) is 9.72. The third-order valence-corrected chi connectivity index (χ3v) is 11.3. The van der Waals surface area contributed by atoms with Crippen LogP contribution < -0.4 is 0 Å². The Morgan fingerprint density at radius 3 is 1.04 bits per heavy atom. The van der Waals surface area contributed by atoms with Gasteiger partial charge in [0.1, 0.15) is 0 Å². The van der Waals surface area contributed by atoms with Crippen LogP contribution in [0.25, 0.3) is 0 Å². The van der Waals surface area contributed by atoms with E-state index in [0.29, 0.717) is 48.6 Å². The normalized spacial score (nSPS) is 20.2. The Labute approximate surface area is 172 Å². The molecular formula is C16H16N6Si5. The second-order valence-corrected chi connectivity index (χ2v) is 14.6. The fourth-order valence-corrected chi connectivity index (χ4v) is 11.9. The fraction of sp³-hybridized carbons (Fsp3) is 0.250. The first-order valence-electron chi connectivity index (χ1n) is 8.65. The summed E-state index contributed by atoms with van der Waals surface area (Å²) < 4.78 is 5.09. The van der Waals surface area contributed by atoms with Gasteiger partial charge in [0, 0.05) is 71.8 Å². The van der Waals surface area contributed by atoms with Gasteiger partial charge in [-0.05, 0) is 0 Å². The molecule has 0 aromatic heterocycles. The van der Waals surface area contributed by atoms with Crippen molar-refractivity contribution in [1.82, 2.24) is 7.79 Å². The van der Waals surface area contributed by atoms with Crippen molar-refractivity contribution in [2.45, 2.75) is 25.7 Å². The van der Waals surface area contributed by atoms with Crippen LogP contribution in [-0.2, 0) is 0 Å². The van der Waals surface area contributed by atoms with Crippen LogP contribution in [0.2, 0.25) is 0 Å². The molecule has 4 heterocycles. The molecule has 0 spiro atoms. The van der Waals surface area contributed by atoms with Crippen molar-refractivity contribution in [3.63, 3.8) is 0 Å².